The summed E-state index contributed by atoms with van der Waals surface area (Å²) >= 11 is 0. The van der Waals surface area contributed by atoms with Gasteiger partial charge in [-0.2, -0.15) is 0 Å². The fourth-order valence-electron chi connectivity index (χ4n) is 1.30. The van der Waals surface area contributed by atoms with Gasteiger partial charge in [0.1, 0.15) is 0 Å². The summed E-state index contributed by atoms with van der Waals surface area (Å²) in [7, 11) is 0. The molecule has 0 aliphatic carbocycles. The molecule has 0 aliphatic rings. The lowest BCUT2D eigenvalue weighted by molar-refractivity contribution is -0.141. The number of nitrogens with one attached hydrogen (secondary N) is 1. The van der Waals surface area contributed by atoms with Gasteiger partial charge in [0.15, 0.2) is 0 Å². The predicted octanol–water partition coefficient (Wildman–Crippen LogP) is 2.43. The highest BCUT2D eigenvalue weighted by Gasteiger charge is 2.10. The van der Waals surface area contributed by atoms with Crippen molar-refractivity contribution in [1.29, 1.82) is 0 Å². The van der Waals surface area contributed by atoms with Crippen molar-refractivity contribution in [2.45, 2.75) is 46.1 Å². The third-order valence-corrected chi connectivity index (χ3v) is 2.45. The van der Waals surface area contributed by atoms with Crippen LogP contribution in [0, 0.1) is 5.92 Å². The number of hydrogen-bond acceptors (Lipinski definition) is 2. The van der Waals surface area contributed by atoms with Crippen molar-refractivity contribution < 1.29 is 9.90 Å². The highest BCUT2D eigenvalue weighted by molar-refractivity contribution is 5.69. The Balaban J connectivity index is 3.50. The second-order valence-corrected chi connectivity index (χ2v) is 4.41. The third-order valence-electron chi connectivity index (χ3n) is 2.45. The quantitative estimate of drug-likeness (QED) is 0.609. The first-order valence-corrected chi connectivity index (χ1v) is 5.54. The summed E-state index contributed by atoms with van der Waals surface area (Å²) in [6.45, 7) is 10.5. The largest absolute Gasteiger partial charge is 0.481 e. The number of rotatable bonds is 8. The Kier molecular flexibility index (Phi) is 7.05. The van der Waals surface area contributed by atoms with Gasteiger partial charge in [0.25, 0.3) is 0 Å². The first kappa shape index (κ1) is 14.2. The van der Waals surface area contributed by atoms with Crippen LogP contribution in [-0.2, 0) is 4.79 Å². The molecule has 0 heterocycles. The zero-order chi connectivity index (χ0) is 11.8. The number of hydrogen-bond donors (Lipinski definition) is 2. The van der Waals surface area contributed by atoms with Crippen LogP contribution < -0.4 is 5.32 Å². The molecule has 0 saturated carbocycles. The lowest BCUT2D eigenvalue weighted by Crippen LogP contribution is -2.27. The Morgan fingerprint density at radius 1 is 1.40 bits per heavy atom. The van der Waals surface area contributed by atoms with Crippen LogP contribution in [0.5, 0.6) is 0 Å². The van der Waals surface area contributed by atoms with Crippen LogP contribution in [0.1, 0.15) is 40.0 Å². The molecule has 0 saturated heterocycles. The summed E-state index contributed by atoms with van der Waals surface area (Å²) in [5.41, 5.74) is 1.13. The number of aliphatic carboxylic acids is 1. The lowest BCUT2D eigenvalue weighted by atomic mass is 10.0. The molecular weight excluding hydrogens is 190 g/mol. The van der Waals surface area contributed by atoms with E-state index in [0.29, 0.717) is 6.04 Å². The molecule has 0 amide bonds. The molecule has 2 N–H and O–H groups in total. The third kappa shape index (κ3) is 8.18. The molecule has 0 aromatic rings. The first-order valence-electron chi connectivity index (χ1n) is 5.54. The van der Waals surface area contributed by atoms with Gasteiger partial charge in [0.2, 0.25) is 0 Å². The molecule has 2 unspecified atom stereocenters. The topological polar surface area (TPSA) is 49.3 Å². The van der Waals surface area contributed by atoms with Gasteiger partial charge in [-0.25, -0.2) is 0 Å². The molecule has 0 radical (unpaired) electrons. The lowest BCUT2D eigenvalue weighted by Gasteiger charge is -2.14. The molecule has 0 aromatic carbocycles. The van der Waals surface area contributed by atoms with Gasteiger partial charge in [-0.1, -0.05) is 25.5 Å². The average molecular weight is 213 g/mol. The fraction of sp³-hybridized carbons (Fsp3) is 0.750. The molecule has 0 bridgehead atoms. The fourth-order valence-corrected chi connectivity index (χ4v) is 1.30. The Hall–Kier alpha value is -0.830. The molecule has 0 aromatic heterocycles. The summed E-state index contributed by atoms with van der Waals surface area (Å²) in [6, 6.07) is 0.433. The SMILES string of the molecule is C=C(C)CNC(C)CCCC(C)C(=O)O. The highest BCUT2D eigenvalue weighted by atomic mass is 16.4. The Bertz CT molecular complexity index is 214. The molecule has 0 rings (SSSR count). The maximum atomic E-state index is 10.6. The summed E-state index contributed by atoms with van der Waals surface area (Å²) in [5.74, 6) is -0.920. The molecule has 0 spiro atoms. The van der Waals surface area contributed by atoms with Crippen molar-refractivity contribution in [2.24, 2.45) is 5.92 Å². The maximum absolute atomic E-state index is 10.6. The number of carboxylic acids is 1. The average Bonchev–Trinajstić information content (AvgIpc) is 2.14. The van der Waals surface area contributed by atoms with E-state index in [-0.39, 0.29) is 5.92 Å². The smallest absolute Gasteiger partial charge is 0.306 e. The van der Waals surface area contributed by atoms with Gasteiger partial charge >= 0.3 is 5.97 Å². The molecule has 3 nitrogen and oxygen atoms in total. The molecule has 88 valence electrons. The maximum Gasteiger partial charge on any atom is 0.306 e. The predicted molar refractivity (Wildman–Crippen MR) is 62.9 cm³/mol. The van der Waals surface area contributed by atoms with Crippen LogP contribution in [0.15, 0.2) is 12.2 Å². The zero-order valence-corrected chi connectivity index (χ0v) is 10.0. The van der Waals surface area contributed by atoms with E-state index in [4.69, 9.17) is 5.11 Å². The van der Waals surface area contributed by atoms with Gasteiger partial charge in [0.05, 0.1) is 5.92 Å². The zero-order valence-electron chi connectivity index (χ0n) is 10.0. The highest BCUT2D eigenvalue weighted by Crippen LogP contribution is 2.09. The van der Waals surface area contributed by atoms with Crippen molar-refractivity contribution in [1.82, 2.24) is 5.32 Å². The van der Waals surface area contributed by atoms with Gasteiger partial charge in [0, 0.05) is 12.6 Å². The molecule has 0 aliphatic heterocycles. The Labute approximate surface area is 92.6 Å². The van der Waals surface area contributed by atoms with Crippen LogP contribution in [0.25, 0.3) is 0 Å². The van der Waals surface area contributed by atoms with Gasteiger partial charge < -0.3 is 10.4 Å². The second-order valence-electron chi connectivity index (χ2n) is 4.41. The van der Waals surface area contributed by atoms with Crippen LogP contribution in [-0.4, -0.2) is 23.7 Å². The minimum Gasteiger partial charge on any atom is -0.481 e. The van der Waals surface area contributed by atoms with Gasteiger partial charge in [-0.3, -0.25) is 4.79 Å². The van der Waals surface area contributed by atoms with Crippen molar-refractivity contribution in [3.05, 3.63) is 12.2 Å². The van der Waals surface area contributed by atoms with Crippen molar-refractivity contribution in [3.63, 3.8) is 0 Å². The van der Waals surface area contributed by atoms with E-state index in [1.165, 1.54) is 0 Å². The van der Waals surface area contributed by atoms with E-state index in [1.807, 2.05) is 6.92 Å². The van der Waals surface area contributed by atoms with Crippen LogP contribution in [0.3, 0.4) is 0 Å². The van der Waals surface area contributed by atoms with Crippen molar-refractivity contribution in [3.8, 4) is 0 Å². The summed E-state index contributed by atoms with van der Waals surface area (Å²) in [6.07, 6.45) is 2.73. The molecule has 2 atom stereocenters. The van der Waals surface area contributed by atoms with Crippen LogP contribution >= 0.6 is 0 Å². The van der Waals surface area contributed by atoms with Crippen molar-refractivity contribution >= 4 is 5.97 Å². The van der Waals surface area contributed by atoms with Gasteiger partial charge in [-0.05, 0) is 26.7 Å². The molecule has 3 heteroatoms. The molecule has 0 fully saturated rings. The van der Waals surface area contributed by atoms with E-state index < -0.39 is 5.97 Å². The molecular formula is C12H23NO2. The monoisotopic (exact) mass is 213 g/mol. The summed E-state index contributed by atoms with van der Waals surface area (Å²) in [5, 5.41) is 12.0. The van der Waals surface area contributed by atoms with E-state index in [9.17, 15) is 4.79 Å². The summed E-state index contributed by atoms with van der Waals surface area (Å²) < 4.78 is 0. The number of carbonyl (C=O) groups is 1. The first-order chi connectivity index (χ1) is 6.93. The minimum atomic E-state index is -0.697. The Morgan fingerprint density at radius 3 is 2.47 bits per heavy atom. The minimum absolute atomic E-state index is 0.224. The molecule has 15 heavy (non-hydrogen) atoms. The van der Waals surface area contributed by atoms with E-state index in [2.05, 4.69) is 18.8 Å². The number of carboxylic acid groups (broad SMARTS) is 1. The normalized spacial score (nSPS) is 14.6. The van der Waals surface area contributed by atoms with E-state index in [1.54, 1.807) is 6.92 Å². The van der Waals surface area contributed by atoms with Crippen LogP contribution in [0.4, 0.5) is 0 Å². The standard InChI is InChI=1S/C12H23NO2/c1-9(2)8-13-11(4)7-5-6-10(3)12(14)15/h10-11,13H,1,5-8H2,2-4H3,(H,14,15). The van der Waals surface area contributed by atoms with Gasteiger partial charge in [-0.15, -0.1) is 0 Å². The van der Waals surface area contributed by atoms with E-state index in [0.717, 1.165) is 31.4 Å². The van der Waals surface area contributed by atoms with E-state index >= 15 is 0 Å². The second kappa shape index (κ2) is 7.46. The van der Waals surface area contributed by atoms with Crippen LogP contribution in [0.2, 0.25) is 0 Å². The summed E-state index contributed by atoms with van der Waals surface area (Å²) in [4.78, 5) is 10.6. The Morgan fingerprint density at radius 2 is 2.00 bits per heavy atom. The van der Waals surface area contributed by atoms with Crippen molar-refractivity contribution in [2.75, 3.05) is 6.54 Å².